The first-order valence-electron chi connectivity index (χ1n) is 5.65. The first-order valence-corrected chi connectivity index (χ1v) is 5.65. The van der Waals surface area contributed by atoms with Gasteiger partial charge in [0.2, 0.25) is 0 Å². The number of carbonyl (C=O) groups is 1. The number of hydrogen-bond acceptors (Lipinski definition) is 2. The summed E-state index contributed by atoms with van der Waals surface area (Å²) in [7, 11) is 0. The Morgan fingerprint density at radius 1 is 1.41 bits per heavy atom. The minimum atomic E-state index is -0.773. The highest BCUT2D eigenvalue weighted by Gasteiger charge is 2.10. The molecular formula is C13H16N2O2. The molecule has 0 amide bonds. The molecule has 0 bridgehead atoms. The van der Waals surface area contributed by atoms with Gasteiger partial charge in [-0.1, -0.05) is 6.07 Å². The Kier molecular flexibility index (Phi) is 2.88. The van der Waals surface area contributed by atoms with Gasteiger partial charge in [0.05, 0.1) is 5.69 Å². The van der Waals surface area contributed by atoms with Crippen LogP contribution in [0, 0.1) is 20.8 Å². The average Bonchev–Trinajstić information content (AvgIpc) is 2.53. The predicted molar refractivity (Wildman–Crippen MR) is 65.4 cm³/mol. The van der Waals surface area contributed by atoms with Crippen molar-refractivity contribution in [2.45, 2.75) is 33.6 Å². The summed E-state index contributed by atoms with van der Waals surface area (Å²) >= 11 is 0. The number of carboxylic acid groups (broad SMARTS) is 1. The van der Waals surface area contributed by atoms with Crippen molar-refractivity contribution >= 4 is 11.6 Å². The Bertz CT molecular complexity index is 585. The van der Waals surface area contributed by atoms with Crippen molar-refractivity contribution in [3.8, 4) is 0 Å². The fraction of sp³-hybridized carbons (Fsp3) is 0.385. The maximum absolute atomic E-state index is 10.6. The van der Waals surface area contributed by atoms with Gasteiger partial charge >= 0.3 is 5.97 Å². The van der Waals surface area contributed by atoms with Gasteiger partial charge in [-0.25, -0.2) is 4.98 Å². The van der Waals surface area contributed by atoms with Crippen LogP contribution in [-0.2, 0) is 11.2 Å². The number of aromatic nitrogens is 2. The topological polar surface area (TPSA) is 54.6 Å². The van der Waals surface area contributed by atoms with Gasteiger partial charge in [0.15, 0.2) is 0 Å². The zero-order chi connectivity index (χ0) is 12.6. The Morgan fingerprint density at radius 3 is 2.76 bits per heavy atom. The quantitative estimate of drug-likeness (QED) is 0.883. The van der Waals surface area contributed by atoms with E-state index >= 15 is 0 Å². The molecule has 17 heavy (non-hydrogen) atoms. The molecule has 0 spiro atoms. The van der Waals surface area contributed by atoms with Crippen molar-refractivity contribution < 1.29 is 9.90 Å². The first kappa shape index (κ1) is 11.6. The van der Waals surface area contributed by atoms with E-state index < -0.39 is 5.97 Å². The standard InChI is InChI=1S/C13H16N2O2/c1-8-6-11(4-5-12(16)17)13-14-9(2)10(3)15(13)7-8/h6-7H,4-5H2,1-3H3,(H,16,17). The second-order valence-electron chi connectivity index (χ2n) is 4.41. The SMILES string of the molecule is Cc1cc(CCC(=O)O)c2nc(C)c(C)n2c1. The minimum Gasteiger partial charge on any atom is -0.481 e. The molecule has 4 nitrogen and oxygen atoms in total. The van der Waals surface area contributed by atoms with E-state index in [4.69, 9.17) is 5.11 Å². The molecule has 2 aromatic heterocycles. The summed E-state index contributed by atoms with van der Waals surface area (Å²) in [5.74, 6) is -0.773. The number of carboxylic acids is 1. The molecule has 2 aromatic rings. The number of aryl methyl sites for hydroxylation is 4. The molecule has 4 heteroatoms. The summed E-state index contributed by atoms with van der Waals surface area (Å²) in [4.78, 5) is 15.1. The first-order chi connectivity index (χ1) is 7.99. The van der Waals surface area contributed by atoms with Gasteiger partial charge in [-0.05, 0) is 38.3 Å². The number of hydrogen-bond donors (Lipinski definition) is 1. The van der Waals surface area contributed by atoms with Crippen LogP contribution in [0.1, 0.15) is 28.9 Å². The van der Waals surface area contributed by atoms with E-state index in [9.17, 15) is 4.79 Å². The highest BCUT2D eigenvalue weighted by Crippen LogP contribution is 2.18. The largest absolute Gasteiger partial charge is 0.481 e. The summed E-state index contributed by atoms with van der Waals surface area (Å²) in [6, 6.07) is 2.02. The zero-order valence-electron chi connectivity index (χ0n) is 10.3. The minimum absolute atomic E-state index is 0.143. The molecule has 0 radical (unpaired) electrons. The van der Waals surface area contributed by atoms with Crippen LogP contribution in [0.5, 0.6) is 0 Å². The van der Waals surface area contributed by atoms with Crippen LogP contribution in [0.3, 0.4) is 0 Å². The Hall–Kier alpha value is -1.84. The molecule has 0 aliphatic heterocycles. The van der Waals surface area contributed by atoms with Gasteiger partial charge < -0.3 is 9.51 Å². The predicted octanol–water partition coefficient (Wildman–Crippen LogP) is 2.28. The molecular weight excluding hydrogens is 216 g/mol. The lowest BCUT2D eigenvalue weighted by atomic mass is 10.1. The van der Waals surface area contributed by atoms with Gasteiger partial charge in [-0.3, -0.25) is 4.79 Å². The van der Waals surface area contributed by atoms with Gasteiger partial charge in [0.25, 0.3) is 0 Å². The van der Waals surface area contributed by atoms with Crippen LogP contribution in [-0.4, -0.2) is 20.5 Å². The van der Waals surface area contributed by atoms with E-state index in [1.165, 1.54) is 0 Å². The van der Waals surface area contributed by atoms with E-state index in [1.54, 1.807) is 0 Å². The molecule has 2 rings (SSSR count). The van der Waals surface area contributed by atoms with E-state index in [-0.39, 0.29) is 6.42 Å². The summed E-state index contributed by atoms with van der Waals surface area (Å²) in [5.41, 5.74) is 5.11. The van der Waals surface area contributed by atoms with Crippen LogP contribution >= 0.6 is 0 Å². The maximum atomic E-state index is 10.6. The highest BCUT2D eigenvalue weighted by molar-refractivity contribution is 5.68. The highest BCUT2D eigenvalue weighted by atomic mass is 16.4. The fourth-order valence-corrected chi connectivity index (χ4v) is 2.02. The summed E-state index contributed by atoms with van der Waals surface area (Å²) in [5, 5.41) is 8.75. The number of rotatable bonds is 3. The van der Waals surface area contributed by atoms with Crippen molar-refractivity contribution in [1.29, 1.82) is 0 Å². The van der Waals surface area contributed by atoms with Crippen LogP contribution in [0.2, 0.25) is 0 Å². The molecule has 0 fully saturated rings. The molecule has 0 unspecified atom stereocenters. The molecule has 0 saturated heterocycles. The second-order valence-corrected chi connectivity index (χ2v) is 4.41. The number of aliphatic carboxylic acids is 1. The van der Waals surface area contributed by atoms with Crippen LogP contribution in [0.25, 0.3) is 5.65 Å². The van der Waals surface area contributed by atoms with Crippen LogP contribution in [0.15, 0.2) is 12.3 Å². The summed E-state index contributed by atoms with van der Waals surface area (Å²) in [6.07, 6.45) is 2.70. The van der Waals surface area contributed by atoms with E-state index in [2.05, 4.69) is 4.98 Å². The number of pyridine rings is 1. The summed E-state index contributed by atoms with van der Waals surface area (Å²) < 4.78 is 2.04. The molecule has 0 aromatic carbocycles. The third kappa shape index (κ3) is 2.16. The summed E-state index contributed by atoms with van der Waals surface area (Å²) in [6.45, 7) is 6.01. The third-order valence-corrected chi connectivity index (χ3v) is 3.02. The van der Waals surface area contributed by atoms with E-state index in [0.717, 1.165) is 28.2 Å². The van der Waals surface area contributed by atoms with Gasteiger partial charge in [-0.15, -0.1) is 0 Å². The van der Waals surface area contributed by atoms with Gasteiger partial charge in [-0.2, -0.15) is 0 Å². The molecule has 0 atom stereocenters. The smallest absolute Gasteiger partial charge is 0.303 e. The maximum Gasteiger partial charge on any atom is 0.303 e. The number of imidazole rings is 1. The average molecular weight is 232 g/mol. The van der Waals surface area contributed by atoms with Gasteiger partial charge in [0, 0.05) is 18.3 Å². The third-order valence-electron chi connectivity index (χ3n) is 3.02. The Morgan fingerprint density at radius 2 is 2.12 bits per heavy atom. The van der Waals surface area contributed by atoms with E-state index in [0.29, 0.717) is 6.42 Å². The lowest BCUT2D eigenvalue weighted by Gasteiger charge is -2.05. The van der Waals surface area contributed by atoms with Crippen LogP contribution in [0.4, 0.5) is 0 Å². The monoisotopic (exact) mass is 232 g/mol. The lowest BCUT2D eigenvalue weighted by Crippen LogP contribution is -2.01. The lowest BCUT2D eigenvalue weighted by molar-refractivity contribution is -0.136. The van der Waals surface area contributed by atoms with Gasteiger partial charge in [0.1, 0.15) is 5.65 Å². The fourth-order valence-electron chi connectivity index (χ4n) is 2.02. The Balaban J connectivity index is 2.54. The van der Waals surface area contributed by atoms with Crippen molar-refractivity contribution in [2.24, 2.45) is 0 Å². The normalized spacial score (nSPS) is 11.0. The van der Waals surface area contributed by atoms with Crippen molar-refractivity contribution in [3.63, 3.8) is 0 Å². The molecule has 0 saturated carbocycles. The molecule has 1 N–H and O–H groups in total. The van der Waals surface area contributed by atoms with Crippen molar-refractivity contribution in [2.75, 3.05) is 0 Å². The zero-order valence-corrected chi connectivity index (χ0v) is 10.3. The van der Waals surface area contributed by atoms with E-state index in [1.807, 2.05) is 37.4 Å². The molecule has 0 aliphatic rings. The molecule has 0 aliphatic carbocycles. The molecule has 2 heterocycles. The van der Waals surface area contributed by atoms with Crippen molar-refractivity contribution in [1.82, 2.24) is 9.38 Å². The second kappa shape index (κ2) is 4.20. The van der Waals surface area contributed by atoms with Crippen molar-refractivity contribution in [3.05, 3.63) is 34.8 Å². The number of fused-ring (bicyclic) bond motifs is 1. The van der Waals surface area contributed by atoms with Crippen LogP contribution < -0.4 is 0 Å². The Labute approximate surface area is 99.9 Å². The molecule has 90 valence electrons. The number of nitrogens with zero attached hydrogens (tertiary/aromatic N) is 2.